The molecule has 0 aromatic heterocycles. The van der Waals surface area contributed by atoms with E-state index in [1.807, 2.05) is 0 Å². The van der Waals surface area contributed by atoms with Crippen LogP contribution < -0.4 is 5.73 Å². The third-order valence-electron chi connectivity index (χ3n) is 5.49. The molecule has 3 nitrogen and oxygen atoms in total. The molecule has 2 aliphatic rings. The van der Waals surface area contributed by atoms with Crippen LogP contribution in [-0.2, 0) is 4.79 Å². The second-order valence-corrected chi connectivity index (χ2v) is 6.82. The molecule has 0 aromatic rings. The first-order valence-electron chi connectivity index (χ1n) is 8.74. The van der Waals surface area contributed by atoms with E-state index in [2.05, 4.69) is 11.8 Å². The van der Waals surface area contributed by atoms with Gasteiger partial charge in [-0.1, -0.05) is 45.4 Å². The minimum atomic E-state index is 0.299. The summed E-state index contributed by atoms with van der Waals surface area (Å²) in [7, 11) is 0. The Labute approximate surface area is 124 Å². The van der Waals surface area contributed by atoms with Crippen molar-refractivity contribution in [2.75, 3.05) is 13.1 Å². The van der Waals surface area contributed by atoms with Gasteiger partial charge in [0.25, 0.3) is 0 Å². The molecular weight excluding hydrogens is 248 g/mol. The van der Waals surface area contributed by atoms with Crippen molar-refractivity contribution in [3.05, 3.63) is 0 Å². The summed E-state index contributed by atoms with van der Waals surface area (Å²) in [6.45, 7) is 3.81. The standard InChI is InChI=1S/C17H32N2O/c1-2-14-10-11-19(16(12-14)13-18)17(20)9-8-15-6-4-3-5-7-15/h14-16H,2-13,18H2,1H3. The largest absolute Gasteiger partial charge is 0.338 e. The zero-order chi connectivity index (χ0) is 14.4. The molecule has 20 heavy (non-hydrogen) atoms. The SMILES string of the molecule is CCC1CCN(C(=O)CCC2CCCCC2)C(CN)C1. The Morgan fingerprint density at radius 2 is 1.90 bits per heavy atom. The number of amides is 1. The number of nitrogens with two attached hydrogens (primary N) is 1. The van der Waals surface area contributed by atoms with Gasteiger partial charge in [-0.2, -0.15) is 0 Å². The lowest BCUT2D eigenvalue weighted by Gasteiger charge is -2.39. The van der Waals surface area contributed by atoms with Crippen LogP contribution in [-0.4, -0.2) is 29.9 Å². The summed E-state index contributed by atoms with van der Waals surface area (Å²) >= 11 is 0. The van der Waals surface area contributed by atoms with Gasteiger partial charge in [0, 0.05) is 25.6 Å². The number of hydrogen-bond donors (Lipinski definition) is 1. The van der Waals surface area contributed by atoms with E-state index < -0.39 is 0 Å². The monoisotopic (exact) mass is 280 g/mol. The molecule has 1 saturated carbocycles. The Hall–Kier alpha value is -0.570. The van der Waals surface area contributed by atoms with Gasteiger partial charge >= 0.3 is 0 Å². The first-order valence-corrected chi connectivity index (χ1v) is 8.74. The van der Waals surface area contributed by atoms with Crippen molar-refractivity contribution in [1.29, 1.82) is 0 Å². The second-order valence-electron chi connectivity index (χ2n) is 6.82. The quantitative estimate of drug-likeness (QED) is 0.839. The van der Waals surface area contributed by atoms with Gasteiger partial charge in [0.05, 0.1) is 0 Å². The predicted molar refractivity (Wildman–Crippen MR) is 83.4 cm³/mol. The number of rotatable bonds is 5. The van der Waals surface area contributed by atoms with Crippen molar-refractivity contribution in [3.63, 3.8) is 0 Å². The number of piperidine rings is 1. The van der Waals surface area contributed by atoms with E-state index in [4.69, 9.17) is 5.73 Å². The van der Waals surface area contributed by atoms with Crippen LogP contribution in [0.25, 0.3) is 0 Å². The van der Waals surface area contributed by atoms with Gasteiger partial charge in [0.1, 0.15) is 0 Å². The van der Waals surface area contributed by atoms with Crippen molar-refractivity contribution in [2.24, 2.45) is 17.6 Å². The molecule has 2 atom stereocenters. The summed E-state index contributed by atoms with van der Waals surface area (Å²) in [5.41, 5.74) is 5.89. The van der Waals surface area contributed by atoms with Gasteiger partial charge in [0.15, 0.2) is 0 Å². The lowest BCUT2D eigenvalue weighted by atomic mass is 9.85. The van der Waals surface area contributed by atoms with Crippen LogP contribution in [0, 0.1) is 11.8 Å². The van der Waals surface area contributed by atoms with Crippen LogP contribution in [0.15, 0.2) is 0 Å². The van der Waals surface area contributed by atoms with Crippen LogP contribution in [0.4, 0.5) is 0 Å². The summed E-state index contributed by atoms with van der Waals surface area (Å²) in [6, 6.07) is 0.299. The van der Waals surface area contributed by atoms with Crippen LogP contribution in [0.2, 0.25) is 0 Å². The highest BCUT2D eigenvalue weighted by Crippen LogP contribution is 2.29. The Morgan fingerprint density at radius 1 is 1.15 bits per heavy atom. The van der Waals surface area contributed by atoms with Crippen LogP contribution in [0.1, 0.15) is 71.1 Å². The predicted octanol–water partition coefficient (Wildman–Crippen LogP) is 3.32. The van der Waals surface area contributed by atoms with Crippen molar-refractivity contribution >= 4 is 5.91 Å². The highest BCUT2D eigenvalue weighted by Gasteiger charge is 2.30. The molecule has 0 aromatic carbocycles. The van der Waals surface area contributed by atoms with Gasteiger partial charge in [-0.25, -0.2) is 0 Å². The van der Waals surface area contributed by atoms with Crippen molar-refractivity contribution in [2.45, 2.75) is 77.2 Å². The van der Waals surface area contributed by atoms with E-state index in [-0.39, 0.29) is 0 Å². The maximum Gasteiger partial charge on any atom is 0.222 e. The molecule has 2 rings (SSSR count). The van der Waals surface area contributed by atoms with Crippen LogP contribution in [0.3, 0.4) is 0 Å². The summed E-state index contributed by atoms with van der Waals surface area (Å²) < 4.78 is 0. The average molecular weight is 280 g/mol. The molecule has 0 spiro atoms. The molecule has 0 bridgehead atoms. The van der Waals surface area contributed by atoms with Crippen molar-refractivity contribution < 1.29 is 4.79 Å². The number of nitrogens with zero attached hydrogens (tertiary/aromatic N) is 1. The third kappa shape index (κ3) is 4.21. The highest BCUT2D eigenvalue weighted by molar-refractivity contribution is 5.76. The molecule has 1 amide bonds. The molecule has 2 N–H and O–H groups in total. The smallest absolute Gasteiger partial charge is 0.222 e. The molecule has 1 saturated heterocycles. The Kier molecular flexibility index (Phi) is 6.34. The molecular formula is C17H32N2O. The van der Waals surface area contributed by atoms with Crippen molar-refractivity contribution in [1.82, 2.24) is 4.90 Å². The maximum atomic E-state index is 12.5. The zero-order valence-corrected chi connectivity index (χ0v) is 13.2. The normalized spacial score (nSPS) is 28.6. The minimum absolute atomic E-state index is 0.299. The van der Waals surface area contributed by atoms with Crippen molar-refractivity contribution in [3.8, 4) is 0 Å². The Balaban J connectivity index is 1.78. The van der Waals surface area contributed by atoms with Crippen LogP contribution in [0.5, 0.6) is 0 Å². The molecule has 116 valence electrons. The van der Waals surface area contributed by atoms with E-state index in [1.165, 1.54) is 44.9 Å². The molecule has 1 heterocycles. The van der Waals surface area contributed by atoms with Gasteiger partial charge in [-0.05, 0) is 31.1 Å². The van der Waals surface area contributed by atoms with E-state index in [0.29, 0.717) is 18.5 Å². The minimum Gasteiger partial charge on any atom is -0.338 e. The first-order chi connectivity index (χ1) is 9.74. The molecule has 2 unspecified atom stereocenters. The average Bonchev–Trinajstić information content (AvgIpc) is 2.52. The highest BCUT2D eigenvalue weighted by atomic mass is 16.2. The van der Waals surface area contributed by atoms with E-state index >= 15 is 0 Å². The zero-order valence-electron chi connectivity index (χ0n) is 13.2. The fourth-order valence-corrected chi connectivity index (χ4v) is 4.00. The summed E-state index contributed by atoms with van der Waals surface area (Å²) in [5.74, 6) is 1.93. The number of likely N-dealkylation sites (tertiary alicyclic amines) is 1. The Morgan fingerprint density at radius 3 is 2.55 bits per heavy atom. The summed E-state index contributed by atoms with van der Waals surface area (Å²) in [5, 5.41) is 0. The molecule has 1 aliphatic carbocycles. The molecule has 0 radical (unpaired) electrons. The Bertz CT molecular complexity index is 299. The number of hydrogen-bond acceptors (Lipinski definition) is 2. The fourth-order valence-electron chi connectivity index (χ4n) is 4.00. The van der Waals surface area contributed by atoms with E-state index in [9.17, 15) is 4.79 Å². The van der Waals surface area contributed by atoms with Gasteiger partial charge in [-0.15, -0.1) is 0 Å². The molecule has 2 fully saturated rings. The van der Waals surface area contributed by atoms with E-state index in [1.54, 1.807) is 0 Å². The van der Waals surface area contributed by atoms with Crippen LogP contribution >= 0.6 is 0 Å². The summed E-state index contributed by atoms with van der Waals surface area (Å²) in [6.07, 6.45) is 12.2. The van der Waals surface area contributed by atoms with Gasteiger partial charge in [-0.3, -0.25) is 4.79 Å². The van der Waals surface area contributed by atoms with Gasteiger partial charge < -0.3 is 10.6 Å². The number of carbonyl (C=O) groups excluding carboxylic acids is 1. The molecule has 3 heteroatoms. The number of carbonyl (C=O) groups is 1. The molecule has 1 aliphatic heterocycles. The lowest BCUT2D eigenvalue weighted by molar-refractivity contribution is -0.135. The fraction of sp³-hybridized carbons (Fsp3) is 0.941. The summed E-state index contributed by atoms with van der Waals surface area (Å²) in [4.78, 5) is 14.6. The van der Waals surface area contributed by atoms with E-state index in [0.717, 1.165) is 37.6 Å². The third-order valence-corrected chi connectivity index (χ3v) is 5.49. The maximum absolute atomic E-state index is 12.5. The first kappa shape index (κ1) is 15.8. The van der Waals surface area contributed by atoms with Gasteiger partial charge in [0.2, 0.25) is 5.91 Å². The topological polar surface area (TPSA) is 46.3 Å². The second kappa shape index (κ2) is 8.02. The lowest BCUT2D eigenvalue weighted by Crippen LogP contribution is -2.49.